The maximum Gasteiger partial charge on any atom is 0.245 e. The van der Waals surface area contributed by atoms with Crippen molar-refractivity contribution in [3.8, 4) is 6.07 Å². The summed E-state index contributed by atoms with van der Waals surface area (Å²) in [6, 6.07) is 4.91. The van der Waals surface area contributed by atoms with E-state index in [1.54, 1.807) is 6.07 Å². The monoisotopic (exact) mass is 305 g/mol. The van der Waals surface area contributed by atoms with Crippen LogP contribution in [0.25, 0.3) is 0 Å². The van der Waals surface area contributed by atoms with Gasteiger partial charge >= 0.3 is 0 Å². The zero-order valence-corrected chi connectivity index (χ0v) is 12.8. The number of rotatable bonds is 2. The number of nitriles is 1. The quantitative estimate of drug-likeness (QED) is 0.840. The van der Waals surface area contributed by atoms with Crippen LogP contribution >= 0.6 is 0 Å². The van der Waals surface area contributed by atoms with E-state index in [1.807, 2.05) is 6.07 Å². The molecular formula is C15H19N3O2S. The van der Waals surface area contributed by atoms with Gasteiger partial charge in [0.2, 0.25) is 10.0 Å². The summed E-state index contributed by atoms with van der Waals surface area (Å²) in [5.74, 6) is 0. The van der Waals surface area contributed by atoms with Crippen molar-refractivity contribution in [3.05, 3.63) is 24.0 Å². The number of sulfonamides is 1. The van der Waals surface area contributed by atoms with Crippen LogP contribution in [-0.2, 0) is 10.0 Å². The Morgan fingerprint density at radius 2 is 1.86 bits per heavy atom. The van der Waals surface area contributed by atoms with Gasteiger partial charge in [0.1, 0.15) is 11.0 Å². The summed E-state index contributed by atoms with van der Waals surface area (Å²) in [7, 11) is -3.60. The second kappa shape index (κ2) is 5.39. The second-order valence-corrected chi connectivity index (χ2v) is 7.98. The molecule has 6 heteroatoms. The Morgan fingerprint density at radius 1 is 1.19 bits per heavy atom. The highest BCUT2D eigenvalue weighted by Gasteiger charge is 2.40. The topological polar surface area (TPSA) is 74.1 Å². The summed E-state index contributed by atoms with van der Waals surface area (Å²) in [4.78, 5) is 3.90. The molecular weight excluding hydrogens is 286 g/mol. The first-order chi connectivity index (χ1) is 10.1. The van der Waals surface area contributed by atoms with Crippen molar-refractivity contribution in [1.29, 1.82) is 5.26 Å². The minimum Gasteiger partial charge on any atom is -0.244 e. The minimum atomic E-state index is -3.60. The van der Waals surface area contributed by atoms with Crippen LogP contribution in [0.15, 0.2) is 23.2 Å². The fourth-order valence-corrected chi connectivity index (χ4v) is 5.18. The zero-order valence-electron chi connectivity index (χ0n) is 12.0. The Kier molecular flexibility index (Phi) is 3.72. The van der Waals surface area contributed by atoms with Gasteiger partial charge in [-0.3, -0.25) is 0 Å². The molecule has 0 aromatic carbocycles. The van der Waals surface area contributed by atoms with Crippen molar-refractivity contribution in [1.82, 2.24) is 9.29 Å². The highest BCUT2D eigenvalue weighted by Crippen LogP contribution is 2.46. The van der Waals surface area contributed by atoms with E-state index in [1.165, 1.54) is 42.3 Å². The van der Waals surface area contributed by atoms with E-state index < -0.39 is 10.0 Å². The Bertz CT molecular complexity index is 662. The molecule has 21 heavy (non-hydrogen) atoms. The lowest BCUT2D eigenvalue weighted by atomic mass is 9.78. The lowest BCUT2D eigenvalue weighted by Crippen LogP contribution is -2.42. The molecule has 0 radical (unpaired) electrons. The van der Waals surface area contributed by atoms with E-state index in [9.17, 15) is 8.42 Å². The van der Waals surface area contributed by atoms with E-state index in [0.717, 1.165) is 12.8 Å². The first-order valence-electron chi connectivity index (χ1n) is 7.43. The molecule has 1 spiro atoms. The second-order valence-electron chi connectivity index (χ2n) is 6.07. The predicted molar refractivity (Wildman–Crippen MR) is 77.8 cm³/mol. The van der Waals surface area contributed by atoms with E-state index in [2.05, 4.69) is 4.98 Å². The Morgan fingerprint density at radius 3 is 2.48 bits per heavy atom. The first kappa shape index (κ1) is 14.5. The SMILES string of the molecule is N#Cc1ncccc1S(=O)(=O)N1CCC2(CCCC2)CC1. The number of hydrogen-bond acceptors (Lipinski definition) is 4. The molecule has 2 heterocycles. The number of nitrogens with zero attached hydrogens (tertiary/aromatic N) is 3. The molecule has 1 aromatic heterocycles. The molecule has 3 rings (SSSR count). The van der Waals surface area contributed by atoms with Gasteiger partial charge in [-0.05, 0) is 43.2 Å². The summed E-state index contributed by atoms with van der Waals surface area (Å²) in [6.45, 7) is 1.12. The summed E-state index contributed by atoms with van der Waals surface area (Å²) in [6.07, 6.45) is 8.33. The lowest BCUT2D eigenvalue weighted by Gasteiger charge is -2.38. The largest absolute Gasteiger partial charge is 0.245 e. The van der Waals surface area contributed by atoms with Gasteiger partial charge < -0.3 is 0 Å². The van der Waals surface area contributed by atoms with E-state index in [0.29, 0.717) is 18.5 Å². The van der Waals surface area contributed by atoms with Gasteiger partial charge in [-0.25, -0.2) is 13.4 Å². The molecule has 0 amide bonds. The lowest BCUT2D eigenvalue weighted by molar-refractivity contribution is 0.160. The summed E-state index contributed by atoms with van der Waals surface area (Å²) < 4.78 is 26.9. The molecule has 0 bridgehead atoms. The number of pyridine rings is 1. The van der Waals surface area contributed by atoms with Crippen molar-refractivity contribution in [2.75, 3.05) is 13.1 Å². The molecule has 0 unspecified atom stereocenters. The van der Waals surface area contributed by atoms with Crippen LogP contribution < -0.4 is 0 Å². The molecule has 2 aliphatic rings. The van der Waals surface area contributed by atoms with E-state index in [-0.39, 0.29) is 10.6 Å². The summed E-state index contributed by atoms with van der Waals surface area (Å²) >= 11 is 0. The highest BCUT2D eigenvalue weighted by molar-refractivity contribution is 7.89. The molecule has 1 saturated heterocycles. The summed E-state index contributed by atoms with van der Waals surface area (Å²) in [5, 5.41) is 9.05. The van der Waals surface area contributed by atoms with Gasteiger partial charge in [-0.15, -0.1) is 0 Å². The van der Waals surface area contributed by atoms with Gasteiger partial charge in [0.15, 0.2) is 5.69 Å². The molecule has 1 aromatic rings. The van der Waals surface area contributed by atoms with Crippen molar-refractivity contribution in [2.45, 2.75) is 43.4 Å². The third-order valence-electron chi connectivity index (χ3n) is 4.94. The van der Waals surface area contributed by atoms with Gasteiger partial charge in [0.25, 0.3) is 0 Å². The van der Waals surface area contributed by atoms with Crippen molar-refractivity contribution < 1.29 is 8.42 Å². The van der Waals surface area contributed by atoms with Crippen LogP contribution in [-0.4, -0.2) is 30.8 Å². The Balaban J connectivity index is 1.82. The molecule has 5 nitrogen and oxygen atoms in total. The number of aromatic nitrogens is 1. The van der Waals surface area contributed by atoms with Crippen molar-refractivity contribution in [3.63, 3.8) is 0 Å². The molecule has 2 fully saturated rings. The van der Waals surface area contributed by atoms with Crippen LogP contribution in [0.5, 0.6) is 0 Å². The van der Waals surface area contributed by atoms with Gasteiger partial charge in [0.05, 0.1) is 0 Å². The molecule has 112 valence electrons. The van der Waals surface area contributed by atoms with Crippen LogP contribution in [0.2, 0.25) is 0 Å². The van der Waals surface area contributed by atoms with Crippen LogP contribution in [0.3, 0.4) is 0 Å². The number of hydrogen-bond donors (Lipinski definition) is 0. The standard InChI is InChI=1S/C15H19N3O2S/c16-12-13-14(4-3-9-17-13)21(19,20)18-10-7-15(8-11-18)5-1-2-6-15/h3-4,9H,1-2,5-8,10-11H2. The first-order valence-corrected chi connectivity index (χ1v) is 8.87. The fraction of sp³-hybridized carbons (Fsp3) is 0.600. The number of piperidine rings is 1. The maximum absolute atomic E-state index is 12.7. The van der Waals surface area contributed by atoms with Crippen molar-refractivity contribution >= 4 is 10.0 Å². The fourth-order valence-electron chi connectivity index (χ4n) is 3.65. The van der Waals surface area contributed by atoms with Gasteiger partial charge in [-0.1, -0.05) is 12.8 Å². The zero-order chi connectivity index (χ0) is 14.9. The smallest absolute Gasteiger partial charge is 0.244 e. The van der Waals surface area contributed by atoms with Gasteiger partial charge in [-0.2, -0.15) is 9.57 Å². The Labute approximate surface area is 125 Å². The molecule has 0 N–H and O–H groups in total. The minimum absolute atomic E-state index is 0.0151. The third-order valence-corrected chi connectivity index (χ3v) is 6.87. The maximum atomic E-state index is 12.7. The molecule has 0 atom stereocenters. The van der Waals surface area contributed by atoms with Gasteiger partial charge in [0, 0.05) is 19.3 Å². The third kappa shape index (κ3) is 2.56. The molecule has 1 saturated carbocycles. The average molecular weight is 305 g/mol. The van der Waals surface area contributed by atoms with Crippen molar-refractivity contribution in [2.24, 2.45) is 5.41 Å². The Hall–Kier alpha value is -1.45. The van der Waals surface area contributed by atoms with Crippen LogP contribution in [0.4, 0.5) is 0 Å². The summed E-state index contributed by atoms with van der Waals surface area (Å²) in [5.41, 5.74) is 0.359. The molecule has 1 aliphatic heterocycles. The predicted octanol–water partition coefficient (Wildman–Crippen LogP) is 2.30. The van der Waals surface area contributed by atoms with E-state index in [4.69, 9.17) is 5.26 Å². The normalized spacial score (nSPS) is 22.2. The highest BCUT2D eigenvalue weighted by atomic mass is 32.2. The van der Waals surface area contributed by atoms with E-state index >= 15 is 0 Å². The van der Waals surface area contributed by atoms with Crippen LogP contribution in [0.1, 0.15) is 44.2 Å². The molecule has 1 aliphatic carbocycles. The van der Waals surface area contributed by atoms with Crippen LogP contribution in [0, 0.1) is 16.7 Å². The average Bonchev–Trinajstić information content (AvgIpc) is 2.96.